The summed E-state index contributed by atoms with van der Waals surface area (Å²) in [5.74, 6) is 0.511. The SMILES string of the molecule is COc1ccc2cc(NC(C#N)=C(C#N)C#N)ccc2n1. The zero-order valence-electron chi connectivity index (χ0n) is 11.1. The summed E-state index contributed by atoms with van der Waals surface area (Å²) in [7, 11) is 1.54. The van der Waals surface area contributed by atoms with Gasteiger partial charge in [-0.15, -0.1) is 0 Å². The van der Waals surface area contributed by atoms with Gasteiger partial charge in [-0.25, -0.2) is 4.98 Å². The van der Waals surface area contributed by atoms with Crippen molar-refractivity contribution in [3.63, 3.8) is 0 Å². The fraction of sp³-hybridized carbons (Fsp3) is 0.0667. The van der Waals surface area contributed by atoms with Gasteiger partial charge >= 0.3 is 0 Å². The predicted molar refractivity (Wildman–Crippen MR) is 75.8 cm³/mol. The van der Waals surface area contributed by atoms with E-state index in [1.807, 2.05) is 6.07 Å². The minimum atomic E-state index is -0.259. The first-order valence-electron chi connectivity index (χ1n) is 5.88. The van der Waals surface area contributed by atoms with Crippen LogP contribution in [0.3, 0.4) is 0 Å². The highest BCUT2D eigenvalue weighted by molar-refractivity contribution is 5.83. The molecule has 0 saturated heterocycles. The van der Waals surface area contributed by atoms with E-state index >= 15 is 0 Å². The lowest BCUT2D eigenvalue weighted by molar-refractivity contribution is 0.399. The van der Waals surface area contributed by atoms with Crippen LogP contribution in [-0.4, -0.2) is 12.1 Å². The second kappa shape index (κ2) is 6.06. The summed E-state index contributed by atoms with van der Waals surface area (Å²) in [6.07, 6.45) is 0. The molecule has 0 saturated carbocycles. The maximum atomic E-state index is 9.00. The van der Waals surface area contributed by atoms with E-state index in [9.17, 15) is 0 Å². The number of nitrogens with one attached hydrogen (secondary N) is 1. The van der Waals surface area contributed by atoms with E-state index in [0.29, 0.717) is 11.6 Å². The Morgan fingerprint density at radius 1 is 1.10 bits per heavy atom. The summed E-state index contributed by atoms with van der Waals surface area (Å²) < 4.78 is 5.05. The van der Waals surface area contributed by atoms with Crippen LogP contribution in [0.2, 0.25) is 0 Å². The first-order valence-corrected chi connectivity index (χ1v) is 5.88. The van der Waals surface area contributed by atoms with E-state index < -0.39 is 0 Å². The number of allylic oxidation sites excluding steroid dienone is 2. The Hall–Kier alpha value is -3.56. The van der Waals surface area contributed by atoms with E-state index in [-0.39, 0.29) is 11.3 Å². The number of ether oxygens (including phenoxy) is 1. The van der Waals surface area contributed by atoms with Crippen LogP contribution in [0.1, 0.15) is 0 Å². The van der Waals surface area contributed by atoms with E-state index in [4.69, 9.17) is 20.5 Å². The average Bonchev–Trinajstić information content (AvgIpc) is 2.54. The Kier molecular flexibility index (Phi) is 4.00. The molecule has 0 atom stereocenters. The van der Waals surface area contributed by atoms with Gasteiger partial charge in [0.1, 0.15) is 23.9 Å². The van der Waals surface area contributed by atoms with Crippen LogP contribution in [-0.2, 0) is 0 Å². The van der Waals surface area contributed by atoms with E-state index in [1.54, 1.807) is 49.6 Å². The Balaban J connectivity index is 2.41. The largest absolute Gasteiger partial charge is 0.481 e. The monoisotopic (exact) mass is 275 g/mol. The minimum Gasteiger partial charge on any atom is -0.481 e. The van der Waals surface area contributed by atoms with Crippen LogP contribution < -0.4 is 10.1 Å². The molecule has 0 bridgehead atoms. The van der Waals surface area contributed by atoms with Crippen LogP contribution >= 0.6 is 0 Å². The van der Waals surface area contributed by atoms with Gasteiger partial charge in [0.2, 0.25) is 5.88 Å². The normalized spacial score (nSPS) is 9.05. The summed E-state index contributed by atoms with van der Waals surface area (Å²) in [5.41, 5.74) is 0.989. The third-order valence-electron chi connectivity index (χ3n) is 2.73. The topological polar surface area (TPSA) is 106 Å². The molecule has 0 radical (unpaired) electrons. The lowest BCUT2D eigenvalue weighted by atomic mass is 10.2. The number of aromatic nitrogens is 1. The molecule has 0 aliphatic rings. The van der Waals surface area contributed by atoms with Gasteiger partial charge in [-0.3, -0.25) is 0 Å². The molecule has 1 aromatic heterocycles. The molecule has 6 nitrogen and oxygen atoms in total. The number of hydrogen-bond acceptors (Lipinski definition) is 6. The van der Waals surface area contributed by atoms with Gasteiger partial charge in [-0.05, 0) is 24.3 Å². The summed E-state index contributed by atoms with van der Waals surface area (Å²) in [4.78, 5) is 4.27. The summed E-state index contributed by atoms with van der Waals surface area (Å²) in [6.45, 7) is 0. The Morgan fingerprint density at radius 2 is 1.86 bits per heavy atom. The number of nitrogens with zero attached hydrogens (tertiary/aromatic N) is 4. The van der Waals surface area contributed by atoms with Gasteiger partial charge < -0.3 is 10.1 Å². The smallest absolute Gasteiger partial charge is 0.213 e. The van der Waals surface area contributed by atoms with Crippen molar-refractivity contribution >= 4 is 16.6 Å². The van der Waals surface area contributed by atoms with Crippen molar-refractivity contribution < 1.29 is 4.74 Å². The van der Waals surface area contributed by atoms with Crippen molar-refractivity contribution in [1.82, 2.24) is 4.98 Å². The van der Waals surface area contributed by atoms with Crippen LogP contribution in [0.25, 0.3) is 10.9 Å². The van der Waals surface area contributed by atoms with Crippen molar-refractivity contribution in [2.24, 2.45) is 0 Å². The molecule has 1 aromatic carbocycles. The van der Waals surface area contributed by atoms with Gasteiger partial charge in [0.05, 0.1) is 12.6 Å². The van der Waals surface area contributed by atoms with Crippen LogP contribution in [0.4, 0.5) is 5.69 Å². The van der Waals surface area contributed by atoms with Crippen LogP contribution in [0, 0.1) is 34.0 Å². The average molecular weight is 275 g/mol. The maximum Gasteiger partial charge on any atom is 0.213 e. The highest BCUT2D eigenvalue weighted by atomic mass is 16.5. The molecular weight excluding hydrogens is 266 g/mol. The van der Waals surface area contributed by atoms with Crippen LogP contribution in [0.15, 0.2) is 41.6 Å². The van der Waals surface area contributed by atoms with Gasteiger partial charge in [0.25, 0.3) is 0 Å². The summed E-state index contributed by atoms with van der Waals surface area (Å²) in [6, 6.07) is 14.0. The number of methoxy groups -OCH3 is 1. The molecule has 0 aliphatic carbocycles. The minimum absolute atomic E-state index is 0.0826. The second-order valence-electron chi connectivity index (χ2n) is 3.97. The quantitative estimate of drug-likeness (QED) is 0.862. The molecule has 100 valence electrons. The Labute approximate surface area is 121 Å². The molecule has 2 aromatic rings. The molecule has 1 heterocycles. The molecule has 0 spiro atoms. The molecule has 2 rings (SSSR count). The molecule has 21 heavy (non-hydrogen) atoms. The van der Waals surface area contributed by atoms with E-state index in [0.717, 1.165) is 10.9 Å². The number of benzene rings is 1. The molecule has 6 heteroatoms. The first kappa shape index (κ1) is 13.9. The third-order valence-corrected chi connectivity index (χ3v) is 2.73. The first-order chi connectivity index (χ1) is 10.2. The molecule has 0 amide bonds. The van der Waals surface area contributed by atoms with Crippen molar-refractivity contribution in [3.05, 3.63) is 41.6 Å². The summed E-state index contributed by atoms with van der Waals surface area (Å²) >= 11 is 0. The van der Waals surface area contributed by atoms with E-state index in [1.165, 1.54) is 0 Å². The third kappa shape index (κ3) is 2.89. The standard InChI is InChI=1S/C15H9N5O/c1-21-15-5-2-10-6-12(3-4-13(10)20-15)19-14(9-18)11(7-16)8-17/h2-6,19H,1H3. The van der Waals surface area contributed by atoms with Gasteiger partial charge in [0, 0.05) is 17.1 Å². The lowest BCUT2D eigenvalue weighted by Gasteiger charge is -2.06. The van der Waals surface area contributed by atoms with Gasteiger partial charge in [0.15, 0.2) is 5.57 Å². The van der Waals surface area contributed by atoms with Crippen molar-refractivity contribution in [2.75, 3.05) is 12.4 Å². The number of pyridine rings is 1. The molecule has 1 N–H and O–H groups in total. The molecular formula is C15H9N5O. The Bertz CT molecular complexity index is 833. The molecule has 0 aliphatic heterocycles. The number of fused-ring (bicyclic) bond motifs is 1. The van der Waals surface area contributed by atoms with Crippen molar-refractivity contribution in [1.29, 1.82) is 15.8 Å². The fourth-order valence-electron chi connectivity index (χ4n) is 1.73. The number of nitriles is 3. The van der Waals surface area contributed by atoms with Crippen molar-refractivity contribution in [3.8, 4) is 24.1 Å². The molecule has 0 fully saturated rings. The van der Waals surface area contributed by atoms with Gasteiger partial charge in [-0.1, -0.05) is 0 Å². The Morgan fingerprint density at radius 3 is 2.48 bits per heavy atom. The number of anilines is 1. The zero-order chi connectivity index (χ0) is 15.2. The predicted octanol–water partition coefficient (Wildman–Crippen LogP) is 2.48. The van der Waals surface area contributed by atoms with E-state index in [2.05, 4.69) is 10.3 Å². The highest BCUT2D eigenvalue weighted by Crippen LogP contribution is 2.21. The number of rotatable bonds is 3. The fourth-order valence-corrected chi connectivity index (χ4v) is 1.73. The zero-order valence-corrected chi connectivity index (χ0v) is 11.1. The maximum absolute atomic E-state index is 9.00. The summed E-state index contributed by atoms with van der Waals surface area (Å²) in [5, 5.41) is 30.2. The van der Waals surface area contributed by atoms with Crippen LogP contribution in [0.5, 0.6) is 5.88 Å². The van der Waals surface area contributed by atoms with Crippen molar-refractivity contribution in [2.45, 2.75) is 0 Å². The number of hydrogen-bond donors (Lipinski definition) is 1. The second-order valence-corrected chi connectivity index (χ2v) is 3.97. The highest BCUT2D eigenvalue weighted by Gasteiger charge is 2.07. The lowest BCUT2D eigenvalue weighted by Crippen LogP contribution is -2.00. The molecule has 0 unspecified atom stereocenters. The van der Waals surface area contributed by atoms with Gasteiger partial charge in [-0.2, -0.15) is 15.8 Å².